The molecule has 8 nitrogen and oxygen atoms in total. The number of ether oxygens (including phenoxy) is 1. The molecule has 1 unspecified atom stereocenters. The number of anilines is 1. The number of amides is 2. The van der Waals surface area contributed by atoms with Gasteiger partial charge < -0.3 is 20.3 Å². The number of hydrogen-bond acceptors (Lipinski definition) is 6. The first kappa shape index (κ1) is 22.2. The molecule has 0 aliphatic carbocycles. The second-order valence-corrected chi connectivity index (χ2v) is 10.8. The Morgan fingerprint density at radius 1 is 1.12 bits per heavy atom. The van der Waals surface area contributed by atoms with E-state index in [0.717, 1.165) is 51.6 Å². The average molecular weight is 537 g/mol. The van der Waals surface area contributed by atoms with Crippen LogP contribution in [0, 0.1) is 11.6 Å². The number of piperidine rings is 1. The van der Waals surface area contributed by atoms with Crippen LogP contribution in [-0.2, 0) is 0 Å². The lowest BCUT2D eigenvalue weighted by atomic mass is 9.90. The van der Waals surface area contributed by atoms with Gasteiger partial charge in [0.05, 0.1) is 15.6 Å². The van der Waals surface area contributed by atoms with E-state index in [-0.39, 0.29) is 27.6 Å². The molecule has 5 heterocycles. The van der Waals surface area contributed by atoms with Crippen molar-refractivity contribution in [1.29, 1.82) is 0 Å². The minimum atomic E-state index is -0.771. The SMILES string of the molecule is O=C1NCC2(CCCN(c3nc(OCC45CCCN4CCC5)nc4c(F)c(Br)c(F)cc34)C2)N1. The molecule has 1 aromatic carbocycles. The largest absolute Gasteiger partial charge is 0.461 e. The van der Waals surface area contributed by atoms with E-state index in [1.54, 1.807) is 0 Å². The summed E-state index contributed by atoms with van der Waals surface area (Å²) < 4.78 is 35.6. The maximum Gasteiger partial charge on any atom is 0.319 e. The summed E-state index contributed by atoms with van der Waals surface area (Å²) in [6.45, 7) is 4.23. The molecule has 1 spiro atoms. The van der Waals surface area contributed by atoms with E-state index in [0.29, 0.717) is 37.4 Å². The van der Waals surface area contributed by atoms with E-state index in [1.165, 1.54) is 6.07 Å². The zero-order chi connectivity index (χ0) is 23.5. The number of nitrogens with one attached hydrogen (secondary N) is 2. The van der Waals surface area contributed by atoms with Gasteiger partial charge >= 0.3 is 12.0 Å². The summed E-state index contributed by atoms with van der Waals surface area (Å²) in [7, 11) is 0. The second-order valence-electron chi connectivity index (χ2n) is 10.0. The first-order valence-electron chi connectivity index (χ1n) is 11.9. The average Bonchev–Trinajstić information content (AvgIpc) is 3.50. The molecule has 4 fully saturated rings. The topological polar surface area (TPSA) is 82.6 Å². The molecule has 0 radical (unpaired) electrons. The molecular weight excluding hydrogens is 510 g/mol. The number of aromatic nitrogens is 2. The highest BCUT2D eigenvalue weighted by Gasteiger charge is 2.45. The highest BCUT2D eigenvalue weighted by Crippen LogP contribution is 2.40. The standard InChI is InChI=1S/C23H27BrF2N6O2/c24-16-15(25)10-14-18(17(16)26)28-21(34-13-23-5-2-8-32(23)9-3-6-23)29-19(14)31-7-1-4-22(12-31)11-27-20(33)30-22/h10H,1-9,11-13H2,(H2,27,30,33). The van der Waals surface area contributed by atoms with Gasteiger partial charge in [-0.25, -0.2) is 13.6 Å². The van der Waals surface area contributed by atoms with Crippen LogP contribution < -0.4 is 20.3 Å². The molecule has 1 atom stereocenters. The zero-order valence-corrected chi connectivity index (χ0v) is 20.4. The fourth-order valence-electron chi connectivity index (χ4n) is 6.24. The number of urea groups is 1. The Hall–Kier alpha value is -2.27. The van der Waals surface area contributed by atoms with Crippen molar-refractivity contribution in [2.75, 3.05) is 44.2 Å². The predicted octanol–water partition coefficient (Wildman–Crippen LogP) is 3.33. The molecule has 2 amide bonds. The molecule has 0 saturated carbocycles. The Balaban J connectivity index is 1.38. The van der Waals surface area contributed by atoms with Crippen molar-refractivity contribution in [2.24, 2.45) is 0 Å². The van der Waals surface area contributed by atoms with Crippen LogP contribution >= 0.6 is 15.9 Å². The van der Waals surface area contributed by atoms with E-state index >= 15 is 4.39 Å². The van der Waals surface area contributed by atoms with Gasteiger partial charge in [0.2, 0.25) is 0 Å². The van der Waals surface area contributed by atoms with Crippen LogP contribution in [0.25, 0.3) is 10.9 Å². The Kier molecular flexibility index (Phi) is 5.32. The van der Waals surface area contributed by atoms with Crippen LogP contribution in [0.1, 0.15) is 38.5 Å². The van der Waals surface area contributed by atoms with Crippen LogP contribution in [-0.4, -0.2) is 71.3 Å². The summed E-state index contributed by atoms with van der Waals surface area (Å²) in [5.74, 6) is -1.05. The minimum Gasteiger partial charge on any atom is -0.461 e. The van der Waals surface area contributed by atoms with Gasteiger partial charge in [0.1, 0.15) is 23.8 Å². The Morgan fingerprint density at radius 2 is 1.88 bits per heavy atom. The number of carbonyl (C=O) groups excluding carboxylic acids is 1. The molecule has 2 aromatic rings. The molecule has 6 rings (SSSR count). The van der Waals surface area contributed by atoms with Gasteiger partial charge in [0.25, 0.3) is 0 Å². The zero-order valence-electron chi connectivity index (χ0n) is 18.8. The van der Waals surface area contributed by atoms with Gasteiger partial charge in [-0.15, -0.1) is 0 Å². The van der Waals surface area contributed by atoms with Crippen molar-refractivity contribution in [3.63, 3.8) is 0 Å². The second kappa shape index (κ2) is 8.15. The first-order valence-corrected chi connectivity index (χ1v) is 12.7. The summed E-state index contributed by atoms with van der Waals surface area (Å²) in [4.78, 5) is 25.4. The van der Waals surface area contributed by atoms with Crippen LogP contribution in [0.3, 0.4) is 0 Å². The van der Waals surface area contributed by atoms with E-state index in [2.05, 4.69) is 41.4 Å². The third-order valence-corrected chi connectivity index (χ3v) is 8.64. The van der Waals surface area contributed by atoms with Gasteiger partial charge in [0.15, 0.2) is 5.82 Å². The van der Waals surface area contributed by atoms with Gasteiger partial charge in [-0.1, -0.05) is 0 Å². The molecular formula is C23H27BrF2N6O2. The third-order valence-electron chi connectivity index (χ3n) is 7.91. The Bertz CT molecular complexity index is 1160. The lowest BCUT2D eigenvalue weighted by Gasteiger charge is -2.40. The molecule has 4 aliphatic rings. The molecule has 1 aromatic heterocycles. The lowest BCUT2D eigenvalue weighted by Crippen LogP contribution is -2.56. The van der Waals surface area contributed by atoms with E-state index in [4.69, 9.17) is 4.74 Å². The van der Waals surface area contributed by atoms with Crippen LogP contribution in [0.5, 0.6) is 6.01 Å². The van der Waals surface area contributed by atoms with Crippen LogP contribution in [0.15, 0.2) is 10.5 Å². The lowest BCUT2D eigenvalue weighted by molar-refractivity contribution is 0.108. The number of benzene rings is 1. The Labute approximate surface area is 204 Å². The number of nitrogens with zero attached hydrogens (tertiary/aromatic N) is 4. The van der Waals surface area contributed by atoms with E-state index in [1.807, 2.05) is 4.90 Å². The molecule has 4 saturated heterocycles. The summed E-state index contributed by atoms with van der Waals surface area (Å²) in [6, 6.07) is 1.17. The molecule has 0 bridgehead atoms. The summed E-state index contributed by atoms with van der Waals surface area (Å²) in [6.07, 6.45) is 6.05. The molecule has 4 aliphatic heterocycles. The summed E-state index contributed by atoms with van der Waals surface area (Å²) >= 11 is 3.00. The molecule has 2 N–H and O–H groups in total. The van der Waals surface area contributed by atoms with Crippen molar-refractivity contribution < 1.29 is 18.3 Å². The first-order chi connectivity index (χ1) is 16.4. The van der Waals surface area contributed by atoms with Crippen molar-refractivity contribution in [3.8, 4) is 6.01 Å². The Morgan fingerprint density at radius 3 is 2.62 bits per heavy atom. The fraction of sp³-hybridized carbons (Fsp3) is 0.609. The number of hydrogen-bond donors (Lipinski definition) is 2. The normalized spacial score (nSPS) is 26.2. The number of carbonyl (C=O) groups is 1. The number of rotatable bonds is 4. The quantitative estimate of drug-likeness (QED) is 0.583. The summed E-state index contributed by atoms with van der Waals surface area (Å²) in [5.41, 5.74) is -0.420. The molecule has 34 heavy (non-hydrogen) atoms. The number of fused-ring (bicyclic) bond motifs is 2. The highest BCUT2D eigenvalue weighted by atomic mass is 79.9. The van der Waals surface area contributed by atoms with Crippen molar-refractivity contribution in [2.45, 2.75) is 49.6 Å². The van der Waals surface area contributed by atoms with Crippen molar-refractivity contribution >= 4 is 38.7 Å². The van der Waals surface area contributed by atoms with Gasteiger partial charge in [-0.2, -0.15) is 9.97 Å². The van der Waals surface area contributed by atoms with Gasteiger partial charge in [-0.3, -0.25) is 4.90 Å². The summed E-state index contributed by atoms with van der Waals surface area (Å²) in [5, 5.41) is 6.15. The molecule has 182 valence electrons. The fourth-order valence-corrected chi connectivity index (χ4v) is 6.54. The van der Waals surface area contributed by atoms with Crippen LogP contribution in [0.4, 0.5) is 19.4 Å². The maximum absolute atomic E-state index is 15.2. The maximum atomic E-state index is 15.2. The van der Waals surface area contributed by atoms with Gasteiger partial charge in [0, 0.05) is 25.0 Å². The van der Waals surface area contributed by atoms with Crippen LogP contribution in [0.2, 0.25) is 0 Å². The monoisotopic (exact) mass is 536 g/mol. The third kappa shape index (κ3) is 3.59. The van der Waals surface area contributed by atoms with Gasteiger partial charge in [-0.05, 0) is 73.6 Å². The predicted molar refractivity (Wildman–Crippen MR) is 126 cm³/mol. The minimum absolute atomic E-state index is 0.00458. The number of halogens is 3. The highest BCUT2D eigenvalue weighted by molar-refractivity contribution is 9.10. The van der Waals surface area contributed by atoms with Crippen molar-refractivity contribution in [1.82, 2.24) is 25.5 Å². The molecule has 11 heteroatoms. The van der Waals surface area contributed by atoms with Crippen molar-refractivity contribution in [3.05, 3.63) is 22.2 Å². The van der Waals surface area contributed by atoms with E-state index in [9.17, 15) is 9.18 Å². The van der Waals surface area contributed by atoms with E-state index < -0.39 is 17.2 Å². The smallest absolute Gasteiger partial charge is 0.319 e.